The van der Waals surface area contributed by atoms with Crippen molar-refractivity contribution in [3.63, 3.8) is 0 Å². The molecule has 0 aliphatic carbocycles. The van der Waals surface area contributed by atoms with E-state index in [1.807, 2.05) is 29.1 Å². The van der Waals surface area contributed by atoms with Crippen molar-refractivity contribution in [3.05, 3.63) is 42.2 Å². The summed E-state index contributed by atoms with van der Waals surface area (Å²) in [4.78, 5) is 0. The number of rotatable bonds is 5. The lowest BCUT2D eigenvalue weighted by Gasteiger charge is -2.22. The van der Waals surface area contributed by atoms with E-state index >= 15 is 0 Å². The molecule has 5 nitrogen and oxygen atoms in total. The molecular formula is C15H19N3O2. The maximum absolute atomic E-state index is 5.51. The second-order valence-electron chi connectivity index (χ2n) is 5.05. The number of nitrogens with zero attached hydrogens (tertiary/aromatic N) is 2. The third-order valence-corrected chi connectivity index (χ3v) is 3.76. The summed E-state index contributed by atoms with van der Waals surface area (Å²) in [5, 5.41) is 7.80. The molecule has 20 heavy (non-hydrogen) atoms. The molecule has 1 aliphatic rings. The second kappa shape index (κ2) is 5.54. The molecule has 1 aliphatic heterocycles. The zero-order valence-electron chi connectivity index (χ0n) is 11.7. The molecule has 0 unspecified atom stereocenters. The Kier molecular flexibility index (Phi) is 3.60. The number of fused-ring (bicyclic) bond motifs is 1. The maximum atomic E-state index is 5.51. The van der Waals surface area contributed by atoms with Gasteiger partial charge in [0.1, 0.15) is 0 Å². The molecule has 106 valence electrons. The number of aromatic nitrogens is 2. The summed E-state index contributed by atoms with van der Waals surface area (Å²) < 4.78 is 12.9. The first kappa shape index (κ1) is 13.0. The highest BCUT2D eigenvalue weighted by atomic mass is 16.7. The van der Waals surface area contributed by atoms with E-state index in [0.717, 1.165) is 23.6 Å². The van der Waals surface area contributed by atoms with Crippen LogP contribution in [-0.2, 0) is 6.54 Å². The van der Waals surface area contributed by atoms with Gasteiger partial charge in [-0.3, -0.25) is 4.68 Å². The number of nitrogens with one attached hydrogen (secondary N) is 1. The third kappa shape index (κ3) is 2.49. The van der Waals surface area contributed by atoms with Crippen LogP contribution in [0.5, 0.6) is 11.5 Å². The monoisotopic (exact) mass is 273 g/mol. The molecule has 0 bridgehead atoms. The summed E-state index contributed by atoms with van der Waals surface area (Å²) in [5.74, 6) is 1.69. The van der Waals surface area contributed by atoms with E-state index in [9.17, 15) is 0 Å². The van der Waals surface area contributed by atoms with Gasteiger partial charge in [-0.25, -0.2) is 0 Å². The summed E-state index contributed by atoms with van der Waals surface area (Å²) in [5.41, 5.74) is 1.12. The lowest BCUT2D eigenvalue weighted by atomic mass is 10.1. The van der Waals surface area contributed by atoms with Crippen molar-refractivity contribution in [2.75, 3.05) is 6.79 Å². The Morgan fingerprint density at radius 2 is 2.20 bits per heavy atom. The highest BCUT2D eigenvalue weighted by molar-refractivity contribution is 5.48. The zero-order valence-corrected chi connectivity index (χ0v) is 11.7. The molecule has 0 spiro atoms. The standard InChI is InChI=1S/C15H19N3O2/c1-11(12(2)18-8-4-7-17-18)16-9-13-5-3-6-14-15(13)20-10-19-14/h3-8,11-12,16H,9-10H2,1-2H3/t11-,12+/m1/s1. The van der Waals surface area contributed by atoms with Crippen LogP contribution >= 0.6 is 0 Å². The lowest BCUT2D eigenvalue weighted by molar-refractivity contribution is 0.173. The van der Waals surface area contributed by atoms with Crippen molar-refractivity contribution >= 4 is 0 Å². The van der Waals surface area contributed by atoms with E-state index in [4.69, 9.17) is 9.47 Å². The quantitative estimate of drug-likeness (QED) is 0.908. The third-order valence-electron chi connectivity index (χ3n) is 3.76. The first-order chi connectivity index (χ1) is 9.75. The number of hydrogen-bond acceptors (Lipinski definition) is 4. The molecule has 5 heteroatoms. The van der Waals surface area contributed by atoms with Crippen molar-refractivity contribution in [3.8, 4) is 11.5 Å². The molecule has 2 heterocycles. The smallest absolute Gasteiger partial charge is 0.231 e. The molecule has 0 amide bonds. The number of para-hydroxylation sites is 1. The van der Waals surface area contributed by atoms with Crippen LogP contribution in [-0.4, -0.2) is 22.6 Å². The number of benzene rings is 1. The number of ether oxygens (including phenoxy) is 2. The normalized spacial score (nSPS) is 16.1. The van der Waals surface area contributed by atoms with Gasteiger partial charge in [0.15, 0.2) is 11.5 Å². The first-order valence-electron chi connectivity index (χ1n) is 6.85. The first-order valence-corrected chi connectivity index (χ1v) is 6.85. The predicted molar refractivity (Wildman–Crippen MR) is 75.8 cm³/mol. The molecule has 0 radical (unpaired) electrons. The molecule has 0 saturated carbocycles. The molecule has 2 atom stereocenters. The van der Waals surface area contributed by atoms with Crippen LogP contribution in [0.15, 0.2) is 36.7 Å². The van der Waals surface area contributed by atoms with Crippen LogP contribution in [0.25, 0.3) is 0 Å². The van der Waals surface area contributed by atoms with Gasteiger partial charge in [0.05, 0.1) is 6.04 Å². The topological polar surface area (TPSA) is 48.3 Å². The molecule has 0 fully saturated rings. The van der Waals surface area contributed by atoms with E-state index in [2.05, 4.69) is 30.3 Å². The molecule has 2 aromatic rings. The van der Waals surface area contributed by atoms with Gasteiger partial charge in [-0.05, 0) is 26.0 Å². The second-order valence-corrected chi connectivity index (χ2v) is 5.05. The van der Waals surface area contributed by atoms with Gasteiger partial charge in [-0.2, -0.15) is 5.10 Å². The fourth-order valence-corrected chi connectivity index (χ4v) is 2.32. The predicted octanol–water partition coefficient (Wildman–Crippen LogP) is 2.35. The number of hydrogen-bond donors (Lipinski definition) is 1. The van der Waals surface area contributed by atoms with Gasteiger partial charge in [0.2, 0.25) is 6.79 Å². The van der Waals surface area contributed by atoms with Crippen LogP contribution < -0.4 is 14.8 Å². The van der Waals surface area contributed by atoms with Gasteiger partial charge >= 0.3 is 0 Å². The molecule has 1 aromatic heterocycles. The molecular weight excluding hydrogens is 254 g/mol. The summed E-state index contributed by atoms with van der Waals surface area (Å²) in [7, 11) is 0. The summed E-state index contributed by atoms with van der Waals surface area (Å²) in [6, 6.07) is 8.52. The highest BCUT2D eigenvalue weighted by Gasteiger charge is 2.19. The highest BCUT2D eigenvalue weighted by Crippen LogP contribution is 2.35. The average Bonchev–Trinajstić information content (AvgIpc) is 3.14. The van der Waals surface area contributed by atoms with E-state index < -0.39 is 0 Å². The van der Waals surface area contributed by atoms with Crippen LogP contribution in [0.3, 0.4) is 0 Å². The Hall–Kier alpha value is -2.01. The molecule has 0 saturated heterocycles. The van der Waals surface area contributed by atoms with Gasteiger partial charge in [0.25, 0.3) is 0 Å². The summed E-state index contributed by atoms with van der Waals surface area (Å²) >= 11 is 0. The summed E-state index contributed by atoms with van der Waals surface area (Å²) in [6.45, 7) is 5.37. The summed E-state index contributed by atoms with van der Waals surface area (Å²) in [6.07, 6.45) is 3.79. The van der Waals surface area contributed by atoms with E-state index in [1.165, 1.54) is 0 Å². The van der Waals surface area contributed by atoms with Crippen molar-refractivity contribution in [1.29, 1.82) is 0 Å². The van der Waals surface area contributed by atoms with E-state index in [-0.39, 0.29) is 0 Å². The van der Waals surface area contributed by atoms with Crippen molar-refractivity contribution in [1.82, 2.24) is 15.1 Å². The van der Waals surface area contributed by atoms with E-state index in [0.29, 0.717) is 18.9 Å². The Bertz CT molecular complexity index is 569. The van der Waals surface area contributed by atoms with Crippen LogP contribution in [0.2, 0.25) is 0 Å². The van der Waals surface area contributed by atoms with Crippen molar-refractivity contribution in [2.45, 2.75) is 32.5 Å². The van der Waals surface area contributed by atoms with Gasteiger partial charge in [-0.15, -0.1) is 0 Å². The minimum Gasteiger partial charge on any atom is -0.454 e. The molecule has 3 rings (SSSR count). The largest absolute Gasteiger partial charge is 0.454 e. The minimum atomic E-state index is 0.291. The fourth-order valence-electron chi connectivity index (χ4n) is 2.32. The van der Waals surface area contributed by atoms with Crippen molar-refractivity contribution < 1.29 is 9.47 Å². The van der Waals surface area contributed by atoms with Crippen LogP contribution in [0, 0.1) is 0 Å². The van der Waals surface area contributed by atoms with E-state index in [1.54, 1.807) is 6.20 Å². The minimum absolute atomic E-state index is 0.291. The lowest BCUT2D eigenvalue weighted by Crippen LogP contribution is -2.33. The van der Waals surface area contributed by atoms with Gasteiger partial charge in [-0.1, -0.05) is 12.1 Å². The fraction of sp³-hybridized carbons (Fsp3) is 0.400. The Balaban J connectivity index is 1.64. The SMILES string of the molecule is C[C@@H](NCc1cccc2c1OCO2)[C@H](C)n1cccn1. The van der Waals surface area contributed by atoms with Crippen LogP contribution in [0.1, 0.15) is 25.5 Å². The van der Waals surface area contributed by atoms with Gasteiger partial charge < -0.3 is 14.8 Å². The molecule has 1 N–H and O–H groups in total. The Morgan fingerprint density at radius 1 is 1.30 bits per heavy atom. The van der Waals surface area contributed by atoms with Crippen LogP contribution in [0.4, 0.5) is 0 Å². The zero-order chi connectivity index (χ0) is 13.9. The Morgan fingerprint density at radius 3 is 3.00 bits per heavy atom. The van der Waals surface area contributed by atoms with Crippen molar-refractivity contribution in [2.24, 2.45) is 0 Å². The average molecular weight is 273 g/mol. The Labute approximate surface area is 118 Å². The maximum Gasteiger partial charge on any atom is 0.231 e. The molecule has 1 aromatic carbocycles. The van der Waals surface area contributed by atoms with Gasteiger partial charge in [0, 0.05) is 30.5 Å².